The summed E-state index contributed by atoms with van der Waals surface area (Å²) in [5.41, 5.74) is 9.45. The fourth-order valence-electron chi connectivity index (χ4n) is 2.64. The van der Waals surface area contributed by atoms with Crippen molar-refractivity contribution in [1.82, 2.24) is 0 Å². The molecule has 0 atom stereocenters. The molecular weight excluding hydrogens is 302 g/mol. The van der Waals surface area contributed by atoms with Crippen molar-refractivity contribution in [1.29, 1.82) is 0 Å². The molecule has 1 amide bonds. The summed E-state index contributed by atoms with van der Waals surface area (Å²) in [5.74, 6) is -0.183. The molecule has 3 rings (SSSR count). The maximum atomic E-state index is 12.0. The number of rotatable bonds is 4. The predicted molar refractivity (Wildman–Crippen MR) is 98.0 cm³/mol. The Morgan fingerprint density at radius 3 is 2.58 bits per heavy atom. The van der Waals surface area contributed by atoms with Crippen LogP contribution in [0.2, 0.25) is 0 Å². The highest BCUT2D eigenvalue weighted by atomic mass is 16.5. The maximum absolute atomic E-state index is 12.0. The average Bonchev–Trinajstić information content (AvgIpc) is 2.62. The standard InChI is InChI=1S/C19H21N3O2/c20-17-14-16(7-8-18(17)22-10-12-24-13-11-22)21-19(23)9-6-15-4-2-1-3-5-15/h1-9,14H,10-13,20H2,(H,21,23)/b9-6+. The molecule has 5 nitrogen and oxygen atoms in total. The molecule has 0 unspecified atom stereocenters. The Labute approximate surface area is 141 Å². The van der Waals surface area contributed by atoms with Gasteiger partial charge >= 0.3 is 0 Å². The van der Waals surface area contributed by atoms with Crippen LogP contribution in [0.1, 0.15) is 5.56 Å². The van der Waals surface area contributed by atoms with E-state index < -0.39 is 0 Å². The highest BCUT2D eigenvalue weighted by Gasteiger charge is 2.14. The van der Waals surface area contributed by atoms with Crippen LogP contribution in [0.25, 0.3) is 6.08 Å². The molecule has 3 N–H and O–H groups in total. The van der Waals surface area contributed by atoms with Gasteiger partial charge in [0.15, 0.2) is 0 Å². The zero-order valence-electron chi connectivity index (χ0n) is 13.4. The smallest absolute Gasteiger partial charge is 0.248 e. The summed E-state index contributed by atoms with van der Waals surface area (Å²) >= 11 is 0. The summed E-state index contributed by atoms with van der Waals surface area (Å²) in [6.45, 7) is 3.08. The number of anilines is 3. The Morgan fingerprint density at radius 2 is 1.88 bits per heavy atom. The second kappa shape index (κ2) is 7.66. The van der Waals surface area contributed by atoms with Crippen LogP contribution < -0.4 is 16.0 Å². The maximum Gasteiger partial charge on any atom is 0.248 e. The average molecular weight is 323 g/mol. The number of hydrogen-bond donors (Lipinski definition) is 2. The van der Waals surface area contributed by atoms with Crippen molar-refractivity contribution in [2.75, 3.05) is 42.3 Å². The van der Waals surface area contributed by atoms with E-state index in [4.69, 9.17) is 10.5 Å². The lowest BCUT2D eigenvalue weighted by molar-refractivity contribution is -0.111. The van der Waals surface area contributed by atoms with Crippen LogP contribution in [-0.4, -0.2) is 32.2 Å². The molecule has 1 heterocycles. The van der Waals surface area contributed by atoms with Gasteiger partial charge in [0.1, 0.15) is 0 Å². The van der Waals surface area contributed by atoms with Gasteiger partial charge in [-0.1, -0.05) is 30.3 Å². The number of ether oxygens (including phenoxy) is 1. The molecule has 1 aliphatic rings. The molecule has 2 aromatic carbocycles. The van der Waals surface area contributed by atoms with Gasteiger partial charge in [-0.15, -0.1) is 0 Å². The Kier molecular flexibility index (Phi) is 5.13. The molecule has 24 heavy (non-hydrogen) atoms. The van der Waals surface area contributed by atoms with Crippen molar-refractivity contribution in [3.63, 3.8) is 0 Å². The summed E-state index contributed by atoms with van der Waals surface area (Å²) in [6.07, 6.45) is 3.29. The number of nitrogen functional groups attached to an aromatic ring is 1. The number of carbonyl (C=O) groups is 1. The van der Waals surface area contributed by atoms with Gasteiger partial charge in [0.05, 0.1) is 24.6 Å². The van der Waals surface area contributed by atoms with E-state index in [0.717, 1.165) is 24.3 Å². The fraction of sp³-hybridized carbons (Fsp3) is 0.211. The van der Waals surface area contributed by atoms with E-state index in [-0.39, 0.29) is 5.91 Å². The van der Waals surface area contributed by atoms with Crippen LogP contribution in [0.3, 0.4) is 0 Å². The number of hydrogen-bond acceptors (Lipinski definition) is 4. The van der Waals surface area contributed by atoms with Gasteiger partial charge in [-0.05, 0) is 29.8 Å². The first-order valence-corrected chi connectivity index (χ1v) is 7.99. The molecule has 1 saturated heterocycles. The second-order valence-electron chi connectivity index (χ2n) is 5.61. The lowest BCUT2D eigenvalue weighted by Crippen LogP contribution is -2.36. The van der Waals surface area contributed by atoms with E-state index in [1.54, 1.807) is 12.1 Å². The molecule has 124 valence electrons. The predicted octanol–water partition coefficient (Wildman–Crippen LogP) is 2.76. The molecule has 1 aliphatic heterocycles. The first-order chi connectivity index (χ1) is 11.7. The number of morpholine rings is 1. The van der Waals surface area contributed by atoms with Crippen molar-refractivity contribution >= 4 is 29.0 Å². The topological polar surface area (TPSA) is 67.6 Å². The molecule has 2 aromatic rings. The van der Waals surface area contributed by atoms with Crippen molar-refractivity contribution in [2.45, 2.75) is 0 Å². The van der Waals surface area contributed by atoms with Gasteiger partial charge in [0, 0.05) is 24.9 Å². The molecule has 0 aromatic heterocycles. The van der Waals surface area contributed by atoms with Crippen LogP contribution in [0.15, 0.2) is 54.6 Å². The minimum absolute atomic E-state index is 0.183. The Balaban J connectivity index is 1.64. The Bertz CT molecular complexity index is 723. The van der Waals surface area contributed by atoms with Crippen LogP contribution >= 0.6 is 0 Å². The number of carbonyl (C=O) groups excluding carboxylic acids is 1. The van der Waals surface area contributed by atoms with Gasteiger partial charge in [-0.25, -0.2) is 0 Å². The van der Waals surface area contributed by atoms with Crippen molar-refractivity contribution in [2.24, 2.45) is 0 Å². The highest BCUT2D eigenvalue weighted by molar-refractivity contribution is 6.02. The van der Waals surface area contributed by atoms with Crippen LogP contribution in [0.5, 0.6) is 0 Å². The van der Waals surface area contributed by atoms with Gasteiger partial charge < -0.3 is 20.7 Å². The fourth-order valence-corrected chi connectivity index (χ4v) is 2.64. The third kappa shape index (κ3) is 4.14. The summed E-state index contributed by atoms with van der Waals surface area (Å²) in [4.78, 5) is 14.2. The monoisotopic (exact) mass is 323 g/mol. The van der Waals surface area contributed by atoms with Crippen LogP contribution in [-0.2, 0) is 9.53 Å². The van der Waals surface area contributed by atoms with Gasteiger partial charge in [-0.3, -0.25) is 4.79 Å². The number of amides is 1. The zero-order chi connectivity index (χ0) is 16.8. The van der Waals surface area contributed by atoms with Crippen molar-refractivity contribution < 1.29 is 9.53 Å². The summed E-state index contributed by atoms with van der Waals surface area (Å²) in [6, 6.07) is 15.3. The second-order valence-corrected chi connectivity index (χ2v) is 5.61. The molecule has 0 radical (unpaired) electrons. The number of nitrogens with one attached hydrogen (secondary N) is 1. The molecule has 0 saturated carbocycles. The molecule has 0 bridgehead atoms. The third-order valence-corrected chi connectivity index (χ3v) is 3.87. The zero-order valence-corrected chi connectivity index (χ0v) is 13.4. The summed E-state index contributed by atoms with van der Waals surface area (Å²) < 4.78 is 5.35. The number of benzene rings is 2. The number of nitrogens with zero attached hydrogens (tertiary/aromatic N) is 1. The molecule has 1 fully saturated rings. The van der Waals surface area contributed by atoms with Crippen molar-refractivity contribution in [3.05, 3.63) is 60.2 Å². The van der Waals surface area contributed by atoms with E-state index in [0.29, 0.717) is 24.6 Å². The van der Waals surface area contributed by atoms with Crippen molar-refractivity contribution in [3.8, 4) is 0 Å². The molecule has 0 spiro atoms. The Morgan fingerprint density at radius 1 is 1.12 bits per heavy atom. The first kappa shape index (κ1) is 16.1. The lowest BCUT2D eigenvalue weighted by Gasteiger charge is -2.30. The quantitative estimate of drug-likeness (QED) is 0.671. The lowest BCUT2D eigenvalue weighted by atomic mass is 10.2. The minimum Gasteiger partial charge on any atom is -0.397 e. The van der Waals surface area contributed by atoms with E-state index in [2.05, 4.69) is 10.2 Å². The van der Waals surface area contributed by atoms with Gasteiger partial charge in [-0.2, -0.15) is 0 Å². The normalized spacial score (nSPS) is 14.8. The van der Waals surface area contributed by atoms with E-state index in [1.165, 1.54) is 6.08 Å². The largest absolute Gasteiger partial charge is 0.397 e. The minimum atomic E-state index is -0.183. The first-order valence-electron chi connectivity index (χ1n) is 7.99. The van der Waals surface area contributed by atoms with Crippen LogP contribution in [0.4, 0.5) is 17.1 Å². The van der Waals surface area contributed by atoms with Gasteiger partial charge in [0.2, 0.25) is 5.91 Å². The molecule has 0 aliphatic carbocycles. The van der Waals surface area contributed by atoms with Crippen LogP contribution in [0, 0.1) is 0 Å². The van der Waals surface area contributed by atoms with E-state index in [1.807, 2.05) is 42.5 Å². The van der Waals surface area contributed by atoms with Gasteiger partial charge in [0.25, 0.3) is 0 Å². The third-order valence-electron chi connectivity index (χ3n) is 3.87. The highest BCUT2D eigenvalue weighted by Crippen LogP contribution is 2.27. The van der Waals surface area contributed by atoms with E-state index >= 15 is 0 Å². The van der Waals surface area contributed by atoms with E-state index in [9.17, 15) is 4.79 Å². The SMILES string of the molecule is Nc1cc(NC(=O)/C=C/c2ccccc2)ccc1N1CCOCC1. The summed E-state index contributed by atoms with van der Waals surface area (Å²) in [7, 11) is 0. The summed E-state index contributed by atoms with van der Waals surface area (Å²) in [5, 5.41) is 2.83. The Hall–Kier alpha value is -2.79. The molecular formula is C19H21N3O2. The molecule has 5 heteroatoms. The number of nitrogens with two attached hydrogens (primary N) is 1.